The first-order chi connectivity index (χ1) is 9.65. The number of nitrogens with one attached hydrogen (secondary N) is 1. The molecule has 3 rings (SSSR count). The van der Waals surface area contributed by atoms with Gasteiger partial charge in [0.05, 0.1) is 11.6 Å². The van der Waals surface area contributed by atoms with Crippen molar-refractivity contribution in [2.75, 3.05) is 6.61 Å². The molecule has 1 aliphatic heterocycles. The molecule has 1 saturated heterocycles. The maximum atomic E-state index is 14.2. The first-order valence-corrected chi connectivity index (χ1v) is 7.98. The minimum Gasteiger partial charge on any atom is -0.375 e. The van der Waals surface area contributed by atoms with Crippen molar-refractivity contribution >= 4 is 15.9 Å². The van der Waals surface area contributed by atoms with Gasteiger partial charge in [0.25, 0.3) is 0 Å². The Labute approximate surface area is 127 Å². The van der Waals surface area contributed by atoms with Crippen LogP contribution in [0.4, 0.5) is 4.39 Å². The molecule has 0 amide bonds. The quantitative estimate of drug-likeness (QED) is 0.653. The largest absolute Gasteiger partial charge is 0.375 e. The molecule has 1 saturated carbocycles. The predicted molar refractivity (Wildman–Crippen MR) is 79.4 cm³/mol. The highest BCUT2D eigenvalue weighted by Crippen LogP contribution is 2.47. The van der Waals surface area contributed by atoms with E-state index in [1.807, 2.05) is 6.07 Å². The summed E-state index contributed by atoms with van der Waals surface area (Å²) in [5, 5.41) is 0. The summed E-state index contributed by atoms with van der Waals surface area (Å²) >= 11 is 3.45. The van der Waals surface area contributed by atoms with E-state index in [1.165, 1.54) is 12.5 Å². The van der Waals surface area contributed by atoms with Gasteiger partial charge < -0.3 is 4.74 Å². The van der Waals surface area contributed by atoms with Crippen molar-refractivity contribution in [3.05, 3.63) is 34.1 Å². The molecule has 1 heterocycles. The van der Waals surface area contributed by atoms with Crippen molar-refractivity contribution in [2.45, 2.75) is 43.7 Å². The highest BCUT2D eigenvalue weighted by molar-refractivity contribution is 9.10. The zero-order chi connectivity index (χ0) is 14.2. The SMILES string of the molecule is NNC(c1c(F)cccc1Br)C1CCOC2(CCC2)C1. The van der Waals surface area contributed by atoms with Gasteiger partial charge in [-0.2, -0.15) is 0 Å². The van der Waals surface area contributed by atoms with Crippen LogP contribution in [0.1, 0.15) is 43.7 Å². The first kappa shape index (κ1) is 14.4. The van der Waals surface area contributed by atoms with Gasteiger partial charge in [-0.25, -0.2) is 4.39 Å². The molecule has 1 aliphatic carbocycles. The Hall–Kier alpha value is -0.490. The number of hydrazine groups is 1. The number of nitrogens with two attached hydrogens (primary N) is 1. The molecule has 5 heteroatoms. The third kappa shape index (κ3) is 2.52. The molecular formula is C15H20BrFN2O. The number of benzene rings is 1. The van der Waals surface area contributed by atoms with E-state index in [0.29, 0.717) is 11.5 Å². The van der Waals surface area contributed by atoms with Gasteiger partial charge in [-0.3, -0.25) is 11.3 Å². The molecule has 20 heavy (non-hydrogen) atoms. The summed E-state index contributed by atoms with van der Waals surface area (Å²) in [5.41, 5.74) is 3.50. The number of rotatable bonds is 3. The average molecular weight is 343 g/mol. The third-order valence-corrected chi connectivity index (χ3v) is 5.45. The highest BCUT2D eigenvalue weighted by atomic mass is 79.9. The Morgan fingerprint density at radius 3 is 2.85 bits per heavy atom. The van der Waals surface area contributed by atoms with Crippen LogP contribution in [0, 0.1) is 11.7 Å². The van der Waals surface area contributed by atoms with Crippen molar-refractivity contribution in [1.29, 1.82) is 0 Å². The van der Waals surface area contributed by atoms with Crippen LogP contribution < -0.4 is 11.3 Å². The summed E-state index contributed by atoms with van der Waals surface area (Å²) in [6.45, 7) is 0.745. The molecule has 3 nitrogen and oxygen atoms in total. The zero-order valence-corrected chi connectivity index (χ0v) is 13.0. The van der Waals surface area contributed by atoms with Gasteiger partial charge in [-0.05, 0) is 50.2 Å². The van der Waals surface area contributed by atoms with Gasteiger partial charge in [0.2, 0.25) is 0 Å². The van der Waals surface area contributed by atoms with Crippen LogP contribution in [0.3, 0.4) is 0 Å². The van der Waals surface area contributed by atoms with E-state index in [1.54, 1.807) is 6.07 Å². The van der Waals surface area contributed by atoms with E-state index >= 15 is 0 Å². The normalized spacial score (nSPS) is 26.2. The molecule has 3 N–H and O–H groups in total. The Bertz CT molecular complexity index is 473. The van der Waals surface area contributed by atoms with E-state index in [0.717, 1.165) is 36.8 Å². The lowest BCUT2D eigenvalue weighted by Crippen LogP contribution is -2.48. The summed E-state index contributed by atoms with van der Waals surface area (Å²) in [4.78, 5) is 0. The maximum absolute atomic E-state index is 14.2. The Kier molecular flexibility index (Phi) is 4.13. The lowest BCUT2D eigenvalue weighted by molar-refractivity contribution is -0.147. The summed E-state index contributed by atoms with van der Waals surface area (Å²) < 4.78 is 20.9. The predicted octanol–water partition coefficient (Wildman–Crippen LogP) is 3.44. The first-order valence-electron chi connectivity index (χ1n) is 7.19. The number of ether oxygens (including phenoxy) is 1. The fraction of sp³-hybridized carbons (Fsp3) is 0.600. The van der Waals surface area contributed by atoms with Crippen LogP contribution in [-0.4, -0.2) is 12.2 Å². The smallest absolute Gasteiger partial charge is 0.129 e. The van der Waals surface area contributed by atoms with Gasteiger partial charge in [-0.15, -0.1) is 0 Å². The van der Waals surface area contributed by atoms with Crippen LogP contribution >= 0.6 is 15.9 Å². The van der Waals surface area contributed by atoms with Crippen LogP contribution in [0.5, 0.6) is 0 Å². The minimum absolute atomic E-state index is 0.0374. The van der Waals surface area contributed by atoms with Crippen LogP contribution in [0.25, 0.3) is 0 Å². The average Bonchev–Trinajstić information content (AvgIpc) is 2.41. The molecule has 1 spiro atoms. The molecule has 2 fully saturated rings. The topological polar surface area (TPSA) is 47.3 Å². The molecule has 1 aromatic carbocycles. The van der Waals surface area contributed by atoms with Crippen molar-refractivity contribution in [3.8, 4) is 0 Å². The third-order valence-electron chi connectivity index (χ3n) is 4.76. The monoisotopic (exact) mass is 342 g/mol. The molecule has 0 radical (unpaired) electrons. The number of hydrogen-bond acceptors (Lipinski definition) is 3. The standard InChI is InChI=1S/C15H20BrFN2O/c16-11-3-1-4-12(17)13(11)14(19-18)10-5-8-20-15(9-10)6-2-7-15/h1,3-4,10,14,19H,2,5-9,18H2. The second-order valence-corrected chi connectivity index (χ2v) is 6.77. The molecule has 1 aromatic rings. The van der Waals surface area contributed by atoms with E-state index in [-0.39, 0.29) is 17.5 Å². The molecule has 2 unspecified atom stereocenters. The van der Waals surface area contributed by atoms with Gasteiger partial charge in [0.15, 0.2) is 0 Å². The second kappa shape index (κ2) is 5.72. The summed E-state index contributed by atoms with van der Waals surface area (Å²) in [7, 11) is 0. The Morgan fingerprint density at radius 1 is 1.45 bits per heavy atom. The lowest BCUT2D eigenvalue weighted by atomic mass is 9.69. The molecule has 0 bridgehead atoms. The fourth-order valence-electron chi connectivity index (χ4n) is 3.53. The van der Waals surface area contributed by atoms with E-state index in [4.69, 9.17) is 10.6 Å². The van der Waals surface area contributed by atoms with Crippen molar-refractivity contribution in [3.63, 3.8) is 0 Å². The summed E-state index contributed by atoms with van der Waals surface area (Å²) in [6.07, 6.45) is 5.36. The molecular weight excluding hydrogens is 323 g/mol. The van der Waals surface area contributed by atoms with Gasteiger partial charge >= 0.3 is 0 Å². The fourth-order valence-corrected chi connectivity index (χ4v) is 4.12. The number of halogens is 2. The van der Waals surface area contributed by atoms with Crippen LogP contribution in [-0.2, 0) is 4.74 Å². The van der Waals surface area contributed by atoms with Gasteiger partial charge in [0, 0.05) is 16.6 Å². The van der Waals surface area contributed by atoms with E-state index in [9.17, 15) is 4.39 Å². The van der Waals surface area contributed by atoms with Crippen molar-refractivity contribution in [2.24, 2.45) is 11.8 Å². The van der Waals surface area contributed by atoms with Crippen molar-refractivity contribution in [1.82, 2.24) is 5.43 Å². The lowest BCUT2D eigenvalue weighted by Gasteiger charge is -2.48. The number of hydrogen-bond donors (Lipinski definition) is 2. The zero-order valence-electron chi connectivity index (χ0n) is 11.4. The van der Waals surface area contributed by atoms with Crippen molar-refractivity contribution < 1.29 is 9.13 Å². The molecule has 0 aromatic heterocycles. The molecule has 110 valence electrons. The molecule has 2 atom stereocenters. The Balaban J connectivity index is 1.86. The van der Waals surface area contributed by atoms with Crippen LogP contribution in [0.2, 0.25) is 0 Å². The van der Waals surface area contributed by atoms with Gasteiger partial charge in [-0.1, -0.05) is 22.0 Å². The molecule has 2 aliphatic rings. The summed E-state index contributed by atoms with van der Waals surface area (Å²) in [5.74, 6) is 5.84. The second-order valence-electron chi connectivity index (χ2n) is 5.92. The highest BCUT2D eigenvalue weighted by Gasteiger charge is 2.44. The van der Waals surface area contributed by atoms with E-state index in [2.05, 4.69) is 21.4 Å². The maximum Gasteiger partial charge on any atom is 0.129 e. The Morgan fingerprint density at radius 2 is 2.25 bits per heavy atom. The van der Waals surface area contributed by atoms with Crippen LogP contribution in [0.15, 0.2) is 22.7 Å². The summed E-state index contributed by atoms with van der Waals surface area (Å²) in [6, 6.07) is 4.88. The van der Waals surface area contributed by atoms with Gasteiger partial charge in [0.1, 0.15) is 5.82 Å². The minimum atomic E-state index is -0.212. The van der Waals surface area contributed by atoms with E-state index < -0.39 is 0 Å².